The zero-order valence-electron chi connectivity index (χ0n) is 8.45. The third-order valence-electron chi connectivity index (χ3n) is 1.94. The van der Waals surface area contributed by atoms with Crippen LogP contribution in [0, 0.1) is 6.92 Å². The second-order valence-corrected chi connectivity index (χ2v) is 4.81. The molecule has 1 aromatic carbocycles. The van der Waals surface area contributed by atoms with Gasteiger partial charge in [0.25, 0.3) is 0 Å². The molecule has 0 N–H and O–H groups in total. The first kappa shape index (κ1) is 11.1. The van der Waals surface area contributed by atoms with Gasteiger partial charge in [-0.2, -0.15) is 0 Å². The molecule has 0 saturated carbocycles. The van der Waals surface area contributed by atoms with Gasteiger partial charge >= 0.3 is 0 Å². The minimum absolute atomic E-state index is 0.0167. The van der Waals surface area contributed by atoms with E-state index in [1.807, 2.05) is 31.2 Å². The molecule has 1 atom stereocenters. The second-order valence-electron chi connectivity index (χ2n) is 3.36. The van der Waals surface area contributed by atoms with Gasteiger partial charge in [0, 0.05) is 16.6 Å². The Morgan fingerprint density at radius 2 is 2.00 bits per heavy atom. The third-order valence-corrected chi connectivity index (χ3v) is 3.30. The van der Waals surface area contributed by atoms with Gasteiger partial charge < -0.3 is 0 Å². The molecule has 0 radical (unpaired) electrons. The Morgan fingerprint density at radius 3 is 2.57 bits per heavy atom. The first-order valence-corrected chi connectivity index (χ1v) is 5.97. The van der Waals surface area contributed by atoms with Gasteiger partial charge in [-0.05, 0) is 25.0 Å². The average Bonchev–Trinajstić information content (AvgIpc) is 2.07. The third kappa shape index (κ3) is 3.42. The molecule has 0 fully saturated rings. The van der Waals surface area contributed by atoms with Crippen LogP contribution in [0.4, 0.5) is 0 Å². The van der Waals surface area contributed by atoms with Gasteiger partial charge in [-0.1, -0.05) is 24.3 Å². The lowest BCUT2D eigenvalue weighted by Crippen LogP contribution is -2.08. The number of rotatable bonds is 4. The molecule has 1 rings (SSSR count). The predicted molar refractivity (Wildman–Crippen MR) is 58.6 cm³/mol. The van der Waals surface area contributed by atoms with E-state index >= 15 is 0 Å². The summed E-state index contributed by atoms with van der Waals surface area (Å²) < 4.78 is 11.5. The molecule has 0 amide bonds. The maximum atomic E-state index is 11.5. The van der Waals surface area contributed by atoms with Gasteiger partial charge in [-0.25, -0.2) is 0 Å². The standard InChI is InChI=1S/C11H14O2S/c1-9-5-3-4-6-11(9)8-14(13)7-10(2)12/h3-6H,7-8H2,1-2H3. The molecule has 2 nitrogen and oxygen atoms in total. The Hall–Kier alpha value is -0.960. The summed E-state index contributed by atoms with van der Waals surface area (Å²) in [4.78, 5) is 10.7. The van der Waals surface area contributed by atoms with Crippen LogP contribution in [-0.4, -0.2) is 15.7 Å². The Bertz CT molecular complexity index is 358. The van der Waals surface area contributed by atoms with Crippen LogP contribution in [0.5, 0.6) is 0 Å². The summed E-state index contributed by atoms with van der Waals surface area (Å²) in [7, 11) is -1.06. The first-order chi connectivity index (χ1) is 6.59. The molecule has 0 spiro atoms. The van der Waals surface area contributed by atoms with Crippen molar-refractivity contribution in [2.75, 3.05) is 5.75 Å². The van der Waals surface area contributed by atoms with E-state index in [0.29, 0.717) is 5.75 Å². The number of carbonyl (C=O) groups excluding carboxylic acids is 1. The van der Waals surface area contributed by atoms with E-state index in [9.17, 15) is 9.00 Å². The van der Waals surface area contributed by atoms with Crippen molar-refractivity contribution in [3.05, 3.63) is 35.4 Å². The van der Waals surface area contributed by atoms with Gasteiger partial charge in [0.05, 0.1) is 5.75 Å². The molecular formula is C11H14O2S. The van der Waals surface area contributed by atoms with E-state index in [-0.39, 0.29) is 11.5 Å². The van der Waals surface area contributed by atoms with Crippen molar-refractivity contribution in [3.8, 4) is 0 Å². The summed E-state index contributed by atoms with van der Waals surface area (Å²) in [6.45, 7) is 3.45. The summed E-state index contributed by atoms with van der Waals surface area (Å²) >= 11 is 0. The van der Waals surface area contributed by atoms with E-state index in [1.54, 1.807) is 0 Å². The first-order valence-electron chi connectivity index (χ1n) is 4.48. The summed E-state index contributed by atoms with van der Waals surface area (Å²) in [5.74, 6) is 0.623. The highest BCUT2D eigenvalue weighted by atomic mass is 32.2. The van der Waals surface area contributed by atoms with Gasteiger partial charge in [-0.15, -0.1) is 0 Å². The van der Waals surface area contributed by atoms with Gasteiger partial charge in [0.1, 0.15) is 5.78 Å². The quantitative estimate of drug-likeness (QED) is 0.759. The van der Waals surface area contributed by atoms with Crippen molar-refractivity contribution in [2.24, 2.45) is 0 Å². The van der Waals surface area contributed by atoms with Crippen molar-refractivity contribution < 1.29 is 9.00 Å². The molecule has 0 aromatic heterocycles. The highest BCUT2D eigenvalue weighted by Crippen LogP contribution is 2.09. The molecule has 0 aliphatic heterocycles. The zero-order chi connectivity index (χ0) is 10.6. The molecular weight excluding hydrogens is 196 g/mol. The SMILES string of the molecule is CC(=O)CS(=O)Cc1ccccc1C. The van der Waals surface area contributed by atoms with Crippen molar-refractivity contribution in [2.45, 2.75) is 19.6 Å². The Morgan fingerprint density at radius 1 is 1.36 bits per heavy atom. The number of aryl methyl sites for hydroxylation is 1. The van der Waals surface area contributed by atoms with Crippen molar-refractivity contribution in [3.63, 3.8) is 0 Å². The normalized spacial score (nSPS) is 12.4. The molecule has 14 heavy (non-hydrogen) atoms. The molecule has 0 heterocycles. The monoisotopic (exact) mass is 210 g/mol. The van der Waals surface area contributed by atoms with Crippen molar-refractivity contribution in [1.82, 2.24) is 0 Å². The number of benzene rings is 1. The lowest BCUT2D eigenvalue weighted by Gasteiger charge is -2.03. The van der Waals surface area contributed by atoms with Gasteiger partial charge in [0.15, 0.2) is 0 Å². The van der Waals surface area contributed by atoms with E-state index in [0.717, 1.165) is 11.1 Å². The summed E-state index contributed by atoms with van der Waals surface area (Å²) in [5, 5.41) is 0. The summed E-state index contributed by atoms with van der Waals surface area (Å²) in [5.41, 5.74) is 2.19. The maximum Gasteiger partial charge on any atom is 0.142 e. The van der Waals surface area contributed by atoms with Crippen LogP contribution in [-0.2, 0) is 21.3 Å². The fraction of sp³-hybridized carbons (Fsp3) is 0.364. The van der Waals surface area contributed by atoms with E-state index in [2.05, 4.69) is 0 Å². The van der Waals surface area contributed by atoms with Crippen molar-refractivity contribution in [1.29, 1.82) is 0 Å². The second kappa shape index (κ2) is 5.05. The Labute approximate surface area is 86.8 Å². The summed E-state index contributed by atoms with van der Waals surface area (Å²) in [6.07, 6.45) is 0. The van der Waals surface area contributed by atoms with Crippen LogP contribution in [0.25, 0.3) is 0 Å². The fourth-order valence-electron chi connectivity index (χ4n) is 1.22. The lowest BCUT2D eigenvalue weighted by atomic mass is 10.1. The predicted octanol–water partition coefficient (Wildman–Crippen LogP) is 1.83. The zero-order valence-corrected chi connectivity index (χ0v) is 9.26. The summed E-state index contributed by atoms with van der Waals surface area (Å²) in [6, 6.07) is 7.81. The van der Waals surface area contributed by atoms with E-state index in [1.165, 1.54) is 6.92 Å². The number of carbonyl (C=O) groups is 1. The number of hydrogen-bond acceptors (Lipinski definition) is 2. The topological polar surface area (TPSA) is 34.1 Å². The van der Waals surface area contributed by atoms with Crippen LogP contribution in [0.2, 0.25) is 0 Å². The highest BCUT2D eigenvalue weighted by molar-refractivity contribution is 7.84. The molecule has 0 aliphatic carbocycles. The Kier molecular flexibility index (Phi) is 4.01. The van der Waals surface area contributed by atoms with Crippen LogP contribution in [0.3, 0.4) is 0 Å². The fourth-order valence-corrected chi connectivity index (χ4v) is 2.45. The molecule has 76 valence electrons. The average molecular weight is 210 g/mol. The minimum atomic E-state index is -1.06. The molecule has 0 aliphatic rings. The van der Waals surface area contributed by atoms with Gasteiger partial charge in [-0.3, -0.25) is 9.00 Å². The number of ketones is 1. The van der Waals surface area contributed by atoms with E-state index in [4.69, 9.17) is 0 Å². The van der Waals surface area contributed by atoms with Crippen LogP contribution >= 0.6 is 0 Å². The van der Waals surface area contributed by atoms with Crippen LogP contribution in [0.1, 0.15) is 18.1 Å². The molecule has 1 aromatic rings. The van der Waals surface area contributed by atoms with Crippen molar-refractivity contribution >= 4 is 16.6 Å². The van der Waals surface area contributed by atoms with Crippen LogP contribution in [0.15, 0.2) is 24.3 Å². The smallest absolute Gasteiger partial charge is 0.142 e. The number of Topliss-reactive ketones (excluding diaryl/α,β-unsaturated/α-hetero) is 1. The largest absolute Gasteiger partial charge is 0.299 e. The molecule has 1 unspecified atom stereocenters. The molecule has 0 bridgehead atoms. The highest BCUT2D eigenvalue weighted by Gasteiger charge is 2.05. The van der Waals surface area contributed by atoms with E-state index < -0.39 is 10.8 Å². The van der Waals surface area contributed by atoms with Gasteiger partial charge in [0.2, 0.25) is 0 Å². The Balaban J connectivity index is 2.65. The lowest BCUT2D eigenvalue weighted by molar-refractivity contribution is -0.114. The van der Waals surface area contributed by atoms with Crippen LogP contribution < -0.4 is 0 Å². The molecule has 0 saturated heterocycles. The number of hydrogen-bond donors (Lipinski definition) is 0. The molecule has 3 heteroatoms. The maximum absolute atomic E-state index is 11.5. The minimum Gasteiger partial charge on any atom is -0.299 e.